The van der Waals surface area contributed by atoms with E-state index in [0.717, 1.165) is 45.1 Å². The fourth-order valence-electron chi connectivity index (χ4n) is 2.90. The van der Waals surface area contributed by atoms with Crippen molar-refractivity contribution < 1.29 is 9.59 Å². The third-order valence-electron chi connectivity index (χ3n) is 4.16. The highest BCUT2D eigenvalue weighted by Gasteiger charge is 2.39. The minimum Gasteiger partial charge on any atom is -0.354 e. The predicted molar refractivity (Wildman–Crippen MR) is 78.3 cm³/mol. The first-order valence-corrected chi connectivity index (χ1v) is 7.99. The maximum atomic E-state index is 12.3. The molecule has 1 unspecified atom stereocenters. The molecule has 0 radical (unpaired) electrons. The minimum absolute atomic E-state index is 0.111. The molecule has 2 aliphatic rings. The molecule has 5 nitrogen and oxygen atoms in total. The monoisotopic (exact) mass is 281 g/mol. The van der Waals surface area contributed by atoms with Crippen LogP contribution in [-0.2, 0) is 9.59 Å². The third-order valence-corrected chi connectivity index (χ3v) is 4.16. The van der Waals surface area contributed by atoms with Gasteiger partial charge in [-0.1, -0.05) is 13.3 Å². The van der Waals surface area contributed by atoms with Gasteiger partial charge in [-0.15, -0.1) is 0 Å². The van der Waals surface area contributed by atoms with E-state index in [0.29, 0.717) is 25.4 Å². The fourth-order valence-corrected chi connectivity index (χ4v) is 2.90. The quantitative estimate of drug-likeness (QED) is 0.583. The SMILES string of the molecule is CCCC1(C(=O)NCCCC(=O)NC2CC2)CCCN1. The average molecular weight is 281 g/mol. The van der Waals surface area contributed by atoms with E-state index in [1.807, 2.05) is 0 Å². The first-order valence-electron chi connectivity index (χ1n) is 7.99. The van der Waals surface area contributed by atoms with Gasteiger partial charge in [0, 0.05) is 19.0 Å². The van der Waals surface area contributed by atoms with Crippen molar-refractivity contribution in [2.45, 2.75) is 69.9 Å². The van der Waals surface area contributed by atoms with Crippen molar-refractivity contribution in [1.82, 2.24) is 16.0 Å². The van der Waals surface area contributed by atoms with Gasteiger partial charge in [-0.25, -0.2) is 0 Å². The molecule has 1 aliphatic heterocycles. The minimum atomic E-state index is -0.356. The van der Waals surface area contributed by atoms with Crippen molar-refractivity contribution >= 4 is 11.8 Å². The molecule has 0 spiro atoms. The van der Waals surface area contributed by atoms with Gasteiger partial charge in [0.2, 0.25) is 11.8 Å². The molecular formula is C15H27N3O2. The summed E-state index contributed by atoms with van der Waals surface area (Å²) < 4.78 is 0. The molecule has 1 aliphatic carbocycles. The molecule has 1 heterocycles. The molecule has 20 heavy (non-hydrogen) atoms. The molecule has 0 aromatic carbocycles. The average Bonchev–Trinajstić information content (AvgIpc) is 3.10. The Morgan fingerprint density at radius 3 is 2.75 bits per heavy atom. The van der Waals surface area contributed by atoms with Crippen LogP contribution in [0.25, 0.3) is 0 Å². The van der Waals surface area contributed by atoms with E-state index in [-0.39, 0.29) is 17.4 Å². The highest BCUT2D eigenvalue weighted by Crippen LogP contribution is 2.24. The molecule has 1 saturated carbocycles. The van der Waals surface area contributed by atoms with Crippen molar-refractivity contribution in [3.63, 3.8) is 0 Å². The summed E-state index contributed by atoms with van der Waals surface area (Å²) in [5, 5.41) is 9.32. The zero-order valence-corrected chi connectivity index (χ0v) is 12.5. The van der Waals surface area contributed by atoms with Gasteiger partial charge < -0.3 is 16.0 Å². The second-order valence-electron chi connectivity index (χ2n) is 6.06. The normalized spacial score (nSPS) is 25.4. The van der Waals surface area contributed by atoms with Crippen LogP contribution >= 0.6 is 0 Å². The fraction of sp³-hybridized carbons (Fsp3) is 0.867. The van der Waals surface area contributed by atoms with Crippen molar-refractivity contribution in [2.75, 3.05) is 13.1 Å². The first kappa shape index (κ1) is 15.3. The zero-order valence-electron chi connectivity index (χ0n) is 12.5. The van der Waals surface area contributed by atoms with Gasteiger partial charge in [-0.05, 0) is 45.1 Å². The molecule has 114 valence electrons. The van der Waals surface area contributed by atoms with Crippen molar-refractivity contribution in [1.29, 1.82) is 0 Å². The van der Waals surface area contributed by atoms with E-state index in [1.165, 1.54) is 0 Å². The predicted octanol–water partition coefficient (Wildman–Crippen LogP) is 1.08. The largest absolute Gasteiger partial charge is 0.354 e. The molecule has 2 amide bonds. The second-order valence-corrected chi connectivity index (χ2v) is 6.06. The van der Waals surface area contributed by atoms with E-state index in [4.69, 9.17) is 0 Å². The van der Waals surface area contributed by atoms with Gasteiger partial charge in [-0.2, -0.15) is 0 Å². The van der Waals surface area contributed by atoms with Crippen LogP contribution in [-0.4, -0.2) is 36.5 Å². The van der Waals surface area contributed by atoms with Crippen LogP contribution in [0.4, 0.5) is 0 Å². The summed E-state index contributed by atoms with van der Waals surface area (Å²) in [5.41, 5.74) is -0.356. The molecule has 2 fully saturated rings. The Morgan fingerprint density at radius 1 is 1.35 bits per heavy atom. The number of carbonyl (C=O) groups is 2. The molecule has 1 saturated heterocycles. The summed E-state index contributed by atoms with van der Waals surface area (Å²) >= 11 is 0. The van der Waals surface area contributed by atoms with Crippen molar-refractivity contribution in [3.05, 3.63) is 0 Å². The van der Waals surface area contributed by atoms with E-state index in [1.54, 1.807) is 0 Å². The highest BCUT2D eigenvalue weighted by molar-refractivity contribution is 5.86. The van der Waals surface area contributed by atoms with Crippen LogP contribution in [0.2, 0.25) is 0 Å². The van der Waals surface area contributed by atoms with Gasteiger partial charge >= 0.3 is 0 Å². The van der Waals surface area contributed by atoms with Crippen LogP contribution in [0.3, 0.4) is 0 Å². The lowest BCUT2D eigenvalue weighted by molar-refractivity contribution is -0.127. The smallest absolute Gasteiger partial charge is 0.240 e. The number of hydrogen-bond donors (Lipinski definition) is 3. The molecule has 5 heteroatoms. The number of hydrogen-bond acceptors (Lipinski definition) is 3. The van der Waals surface area contributed by atoms with Gasteiger partial charge in [0.1, 0.15) is 0 Å². The van der Waals surface area contributed by atoms with Crippen LogP contribution in [0, 0.1) is 0 Å². The van der Waals surface area contributed by atoms with Crippen LogP contribution in [0.15, 0.2) is 0 Å². The van der Waals surface area contributed by atoms with Gasteiger partial charge in [-0.3, -0.25) is 9.59 Å². The number of nitrogens with one attached hydrogen (secondary N) is 3. The molecule has 0 aromatic rings. The van der Waals surface area contributed by atoms with E-state index < -0.39 is 0 Å². The van der Waals surface area contributed by atoms with E-state index >= 15 is 0 Å². The van der Waals surface area contributed by atoms with Gasteiger partial charge in [0.05, 0.1) is 5.54 Å². The number of rotatable bonds is 8. The van der Waals surface area contributed by atoms with Crippen LogP contribution in [0.1, 0.15) is 58.3 Å². The molecule has 1 atom stereocenters. The Morgan fingerprint density at radius 2 is 2.15 bits per heavy atom. The Hall–Kier alpha value is -1.10. The summed E-state index contributed by atoms with van der Waals surface area (Å²) in [6.45, 7) is 3.62. The van der Waals surface area contributed by atoms with Crippen molar-refractivity contribution in [2.24, 2.45) is 0 Å². The third kappa shape index (κ3) is 4.20. The Balaban J connectivity index is 1.64. The second kappa shape index (κ2) is 7.07. The Bertz CT molecular complexity index is 347. The molecule has 0 bridgehead atoms. The summed E-state index contributed by atoms with van der Waals surface area (Å²) in [4.78, 5) is 23.8. The lowest BCUT2D eigenvalue weighted by Gasteiger charge is -2.27. The highest BCUT2D eigenvalue weighted by atomic mass is 16.2. The molecule has 3 N–H and O–H groups in total. The van der Waals surface area contributed by atoms with Crippen LogP contribution in [0.5, 0.6) is 0 Å². The standard InChI is InChI=1S/C15H27N3O2/c1-2-8-15(9-4-11-17-15)14(20)16-10-3-5-13(19)18-12-6-7-12/h12,17H,2-11H2,1H3,(H,16,20)(H,18,19). The first-order chi connectivity index (χ1) is 9.66. The molecule has 0 aromatic heterocycles. The maximum absolute atomic E-state index is 12.3. The lowest BCUT2D eigenvalue weighted by Crippen LogP contribution is -2.53. The van der Waals surface area contributed by atoms with E-state index in [2.05, 4.69) is 22.9 Å². The lowest BCUT2D eigenvalue weighted by atomic mass is 9.91. The van der Waals surface area contributed by atoms with Gasteiger partial charge in [0.15, 0.2) is 0 Å². The molecule has 2 rings (SSSR count). The number of amides is 2. The number of carbonyl (C=O) groups excluding carboxylic acids is 2. The summed E-state index contributed by atoms with van der Waals surface area (Å²) in [6, 6.07) is 0.424. The summed E-state index contributed by atoms with van der Waals surface area (Å²) in [6.07, 6.45) is 7.34. The molecular weight excluding hydrogens is 254 g/mol. The van der Waals surface area contributed by atoms with Gasteiger partial charge in [0.25, 0.3) is 0 Å². The van der Waals surface area contributed by atoms with Crippen molar-refractivity contribution in [3.8, 4) is 0 Å². The Labute approximate surface area is 121 Å². The van der Waals surface area contributed by atoms with Crippen LogP contribution < -0.4 is 16.0 Å². The zero-order chi connectivity index (χ0) is 14.4. The van der Waals surface area contributed by atoms with E-state index in [9.17, 15) is 9.59 Å². The summed E-state index contributed by atoms with van der Waals surface area (Å²) in [5.74, 6) is 0.225. The maximum Gasteiger partial charge on any atom is 0.240 e. The Kier molecular flexibility index (Phi) is 5.40. The topological polar surface area (TPSA) is 70.2 Å². The summed E-state index contributed by atoms with van der Waals surface area (Å²) in [7, 11) is 0.